The molecule has 7 heteroatoms. The predicted octanol–water partition coefficient (Wildman–Crippen LogP) is 3.15. The zero-order chi connectivity index (χ0) is 22.7. The number of aromatic nitrogens is 2. The Balaban J connectivity index is 1.38. The highest BCUT2D eigenvalue weighted by atomic mass is 16.5. The Morgan fingerprint density at radius 2 is 2.03 bits per heavy atom. The summed E-state index contributed by atoms with van der Waals surface area (Å²) in [5.74, 6) is 2.15. The number of hydrogen-bond acceptors (Lipinski definition) is 5. The third kappa shape index (κ3) is 4.88. The maximum Gasteiger partial charge on any atom is 0.256 e. The van der Waals surface area contributed by atoms with Crippen LogP contribution in [0.5, 0.6) is 5.75 Å². The van der Waals surface area contributed by atoms with Crippen LogP contribution in [0.2, 0.25) is 0 Å². The molecule has 4 rings (SSSR count). The van der Waals surface area contributed by atoms with Gasteiger partial charge in [0, 0.05) is 31.8 Å². The van der Waals surface area contributed by atoms with Gasteiger partial charge in [-0.1, -0.05) is 19.1 Å². The van der Waals surface area contributed by atoms with Crippen molar-refractivity contribution in [1.29, 1.82) is 0 Å². The lowest BCUT2D eigenvalue weighted by molar-refractivity contribution is -0.132. The molecule has 2 aliphatic rings. The van der Waals surface area contributed by atoms with Crippen LogP contribution in [0, 0.1) is 6.92 Å². The highest BCUT2D eigenvalue weighted by molar-refractivity contribution is 5.76. The fourth-order valence-corrected chi connectivity index (χ4v) is 4.88. The first-order valence-corrected chi connectivity index (χ1v) is 11.7. The summed E-state index contributed by atoms with van der Waals surface area (Å²) in [5.41, 5.74) is 3.92. The maximum absolute atomic E-state index is 12.8. The molecule has 0 saturated carbocycles. The molecule has 2 aromatic rings. The second-order valence-corrected chi connectivity index (χ2v) is 9.05. The Labute approximate surface area is 189 Å². The molecule has 172 valence electrons. The van der Waals surface area contributed by atoms with Crippen molar-refractivity contribution in [3.63, 3.8) is 0 Å². The van der Waals surface area contributed by atoms with Crippen molar-refractivity contribution in [3.05, 3.63) is 56.8 Å². The first kappa shape index (κ1) is 22.5. The van der Waals surface area contributed by atoms with E-state index < -0.39 is 0 Å². The SMILES string of the molecule is CCCC(=O)N1CCc2nc(C3CCN(Cc4ccc(OC)c(C)c4)CC3)[nH]c(=O)c2C1. The summed E-state index contributed by atoms with van der Waals surface area (Å²) in [7, 11) is 1.70. The monoisotopic (exact) mass is 438 g/mol. The van der Waals surface area contributed by atoms with Gasteiger partial charge in [-0.3, -0.25) is 14.5 Å². The van der Waals surface area contributed by atoms with Crippen molar-refractivity contribution in [2.45, 2.75) is 65.0 Å². The molecule has 1 aromatic heterocycles. The standard InChI is InChI=1S/C25H34N4O3/c1-4-5-23(30)29-13-10-21-20(16-29)25(31)27-24(26-21)19-8-11-28(12-9-19)15-18-6-7-22(32-3)17(2)14-18/h6-7,14,19H,4-5,8-13,15-16H2,1-3H3,(H,26,27,31). The van der Waals surface area contributed by atoms with E-state index in [9.17, 15) is 9.59 Å². The van der Waals surface area contributed by atoms with Crippen molar-refractivity contribution in [3.8, 4) is 5.75 Å². The number of carbonyl (C=O) groups is 1. The predicted molar refractivity (Wildman–Crippen MR) is 124 cm³/mol. The van der Waals surface area contributed by atoms with Crippen molar-refractivity contribution >= 4 is 5.91 Å². The van der Waals surface area contributed by atoms with Gasteiger partial charge in [-0.25, -0.2) is 4.98 Å². The van der Waals surface area contributed by atoms with Gasteiger partial charge in [0.05, 0.1) is 24.9 Å². The number of benzene rings is 1. The van der Waals surface area contributed by atoms with E-state index in [-0.39, 0.29) is 17.4 Å². The van der Waals surface area contributed by atoms with E-state index in [1.807, 2.05) is 13.0 Å². The van der Waals surface area contributed by atoms with Gasteiger partial charge in [-0.2, -0.15) is 0 Å². The van der Waals surface area contributed by atoms with Gasteiger partial charge in [-0.15, -0.1) is 0 Å². The Bertz CT molecular complexity index is 1020. The number of carbonyl (C=O) groups excluding carboxylic acids is 1. The second-order valence-electron chi connectivity index (χ2n) is 9.05. The largest absolute Gasteiger partial charge is 0.496 e. The summed E-state index contributed by atoms with van der Waals surface area (Å²) in [6.07, 6.45) is 3.99. The molecule has 0 atom stereocenters. The number of nitrogens with zero attached hydrogens (tertiary/aromatic N) is 3. The van der Waals surface area contributed by atoms with Crippen LogP contribution in [0.15, 0.2) is 23.0 Å². The van der Waals surface area contributed by atoms with Gasteiger partial charge < -0.3 is 14.6 Å². The molecular formula is C25H34N4O3. The molecule has 0 spiro atoms. The number of methoxy groups -OCH3 is 1. The highest BCUT2D eigenvalue weighted by Crippen LogP contribution is 2.28. The third-order valence-electron chi connectivity index (χ3n) is 6.74. The number of amides is 1. The lowest BCUT2D eigenvalue weighted by atomic mass is 9.94. The van der Waals surface area contributed by atoms with E-state index in [1.165, 1.54) is 5.56 Å². The molecule has 1 aromatic carbocycles. The first-order chi connectivity index (χ1) is 15.5. The maximum atomic E-state index is 12.8. The Morgan fingerprint density at radius 1 is 1.25 bits per heavy atom. The molecule has 32 heavy (non-hydrogen) atoms. The molecule has 1 fully saturated rings. The van der Waals surface area contributed by atoms with Crippen molar-refractivity contribution in [2.24, 2.45) is 0 Å². The number of hydrogen-bond donors (Lipinski definition) is 1. The highest BCUT2D eigenvalue weighted by Gasteiger charge is 2.27. The summed E-state index contributed by atoms with van der Waals surface area (Å²) in [6, 6.07) is 6.37. The molecular weight excluding hydrogens is 404 g/mol. The normalized spacial score (nSPS) is 17.3. The van der Waals surface area contributed by atoms with E-state index in [0.717, 1.165) is 61.7 Å². The lowest BCUT2D eigenvalue weighted by Gasteiger charge is -2.32. The first-order valence-electron chi connectivity index (χ1n) is 11.7. The average molecular weight is 439 g/mol. The Kier molecular flexibility index (Phi) is 6.94. The van der Waals surface area contributed by atoms with Gasteiger partial charge in [0.15, 0.2) is 0 Å². The lowest BCUT2D eigenvalue weighted by Crippen LogP contribution is -2.40. The van der Waals surface area contributed by atoms with Crippen LogP contribution >= 0.6 is 0 Å². The summed E-state index contributed by atoms with van der Waals surface area (Å²) in [4.78, 5) is 37.2. The number of aryl methyl sites for hydroxylation is 1. The zero-order valence-electron chi connectivity index (χ0n) is 19.4. The minimum atomic E-state index is -0.0739. The fourth-order valence-electron chi connectivity index (χ4n) is 4.88. The van der Waals surface area contributed by atoms with Gasteiger partial charge in [0.25, 0.3) is 5.56 Å². The van der Waals surface area contributed by atoms with Gasteiger partial charge in [0.1, 0.15) is 11.6 Å². The van der Waals surface area contributed by atoms with Gasteiger partial charge in [0.2, 0.25) is 5.91 Å². The van der Waals surface area contributed by atoms with Gasteiger partial charge in [-0.05, 0) is 56.5 Å². The van der Waals surface area contributed by atoms with Gasteiger partial charge >= 0.3 is 0 Å². The molecule has 0 unspecified atom stereocenters. The van der Waals surface area contributed by atoms with E-state index in [2.05, 4.69) is 28.9 Å². The molecule has 0 radical (unpaired) electrons. The topological polar surface area (TPSA) is 78.5 Å². The molecule has 0 aliphatic carbocycles. The minimum absolute atomic E-state index is 0.0739. The number of nitrogens with one attached hydrogen (secondary N) is 1. The van der Waals surface area contributed by atoms with Crippen LogP contribution < -0.4 is 10.3 Å². The molecule has 2 aliphatic heterocycles. The van der Waals surface area contributed by atoms with Crippen LogP contribution in [0.25, 0.3) is 0 Å². The summed E-state index contributed by atoms with van der Waals surface area (Å²) in [5, 5.41) is 0. The van der Waals surface area contributed by atoms with E-state index in [4.69, 9.17) is 9.72 Å². The number of H-pyrrole nitrogens is 1. The molecule has 7 nitrogen and oxygen atoms in total. The molecule has 0 bridgehead atoms. The smallest absolute Gasteiger partial charge is 0.256 e. The average Bonchev–Trinajstić information content (AvgIpc) is 2.79. The number of aromatic amines is 1. The van der Waals surface area contributed by atoms with Crippen LogP contribution in [0.1, 0.15) is 66.7 Å². The van der Waals surface area contributed by atoms with E-state index >= 15 is 0 Å². The minimum Gasteiger partial charge on any atom is -0.496 e. The Morgan fingerprint density at radius 3 is 2.72 bits per heavy atom. The van der Waals surface area contributed by atoms with Crippen molar-refractivity contribution in [2.75, 3.05) is 26.7 Å². The van der Waals surface area contributed by atoms with Crippen molar-refractivity contribution < 1.29 is 9.53 Å². The van der Waals surface area contributed by atoms with Crippen LogP contribution in [-0.2, 0) is 24.3 Å². The van der Waals surface area contributed by atoms with E-state index in [0.29, 0.717) is 31.5 Å². The number of rotatable bonds is 6. The molecule has 1 saturated heterocycles. The second kappa shape index (κ2) is 9.86. The summed E-state index contributed by atoms with van der Waals surface area (Å²) in [6.45, 7) is 8.00. The number of fused-ring (bicyclic) bond motifs is 1. The molecule has 1 N–H and O–H groups in total. The molecule has 3 heterocycles. The quantitative estimate of drug-likeness (QED) is 0.750. The van der Waals surface area contributed by atoms with Crippen molar-refractivity contribution in [1.82, 2.24) is 19.8 Å². The summed E-state index contributed by atoms with van der Waals surface area (Å²) < 4.78 is 5.36. The molecule has 1 amide bonds. The van der Waals surface area contributed by atoms with E-state index in [1.54, 1.807) is 12.0 Å². The number of ether oxygens (including phenoxy) is 1. The fraction of sp³-hybridized carbons (Fsp3) is 0.560. The van der Waals surface area contributed by atoms with Crippen LogP contribution in [0.3, 0.4) is 0 Å². The summed E-state index contributed by atoms with van der Waals surface area (Å²) >= 11 is 0. The van der Waals surface area contributed by atoms with Crippen LogP contribution in [-0.4, -0.2) is 52.4 Å². The Hall–Kier alpha value is -2.67. The zero-order valence-corrected chi connectivity index (χ0v) is 19.4. The van der Waals surface area contributed by atoms with Crippen LogP contribution in [0.4, 0.5) is 0 Å². The number of piperidine rings is 1. The number of likely N-dealkylation sites (tertiary alicyclic amines) is 1. The third-order valence-corrected chi connectivity index (χ3v) is 6.74.